The van der Waals surface area contributed by atoms with Crippen LogP contribution in [-0.2, 0) is 0 Å². The number of carbonyl (C=O) groups excluding carboxylic acids is 1. The zero-order valence-electron chi connectivity index (χ0n) is 10.6. The zero-order chi connectivity index (χ0) is 14.4. The lowest BCUT2D eigenvalue weighted by atomic mass is 10.2. The van der Waals surface area contributed by atoms with Gasteiger partial charge in [-0.2, -0.15) is 11.8 Å². The van der Waals surface area contributed by atoms with Crippen LogP contribution in [0.2, 0.25) is 5.02 Å². The third-order valence-electron chi connectivity index (χ3n) is 2.43. The maximum atomic E-state index is 11.8. The highest BCUT2D eigenvalue weighted by Gasteiger charge is 2.12. The predicted octanol–water partition coefficient (Wildman–Crippen LogP) is 2.86. The second-order valence-corrected chi connectivity index (χ2v) is 5.24. The number of benzene rings is 1. The summed E-state index contributed by atoms with van der Waals surface area (Å²) in [6.07, 6.45) is 1.97. The molecule has 1 aromatic rings. The van der Waals surface area contributed by atoms with Crippen molar-refractivity contribution in [2.75, 3.05) is 30.9 Å². The minimum Gasteiger partial charge on any atom is -0.478 e. The van der Waals surface area contributed by atoms with E-state index >= 15 is 0 Å². The minimum absolute atomic E-state index is 0.00963. The lowest BCUT2D eigenvalue weighted by molar-refractivity contribution is 0.0697. The molecule has 0 fully saturated rings. The smallest absolute Gasteiger partial charge is 0.337 e. The van der Waals surface area contributed by atoms with Crippen molar-refractivity contribution in [3.05, 3.63) is 28.8 Å². The lowest BCUT2D eigenvalue weighted by Gasteiger charge is -2.17. The third-order valence-corrected chi connectivity index (χ3v) is 3.33. The molecule has 0 saturated carbocycles. The van der Waals surface area contributed by atoms with Gasteiger partial charge in [-0.05, 0) is 24.5 Å². The van der Waals surface area contributed by atoms with Crippen molar-refractivity contribution >= 4 is 41.1 Å². The molecule has 2 amide bonds. The van der Waals surface area contributed by atoms with Crippen LogP contribution in [0.15, 0.2) is 18.2 Å². The number of carboxylic acid groups (broad SMARTS) is 1. The summed E-state index contributed by atoms with van der Waals surface area (Å²) in [5.41, 5.74) is 0.478. The van der Waals surface area contributed by atoms with Crippen LogP contribution >= 0.6 is 23.4 Å². The molecule has 1 rings (SSSR count). The van der Waals surface area contributed by atoms with Gasteiger partial charge in [0, 0.05) is 25.0 Å². The molecule has 0 bridgehead atoms. The molecule has 0 saturated heterocycles. The van der Waals surface area contributed by atoms with E-state index in [2.05, 4.69) is 5.32 Å². The zero-order valence-corrected chi connectivity index (χ0v) is 12.2. The van der Waals surface area contributed by atoms with Gasteiger partial charge in [0.05, 0.1) is 10.6 Å². The number of anilines is 1. The highest BCUT2D eigenvalue weighted by Crippen LogP contribution is 2.21. The fourth-order valence-electron chi connectivity index (χ4n) is 1.31. The Bertz CT molecular complexity index is 482. The Kier molecular flexibility index (Phi) is 5.98. The summed E-state index contributed by atoms with van der Waals surface area (Å²) >= 11 is 7.48. The summed E-state index contributed by atoms with van der Waals surface area (Å²) in [6, 6.07) is 4.04. The summed E-state index contributed by atoms with van der Waals surface area (Å²) in [5, 5.41) is 11.6. The molecule has 0 unspecified atom stereocenters. The summed E-state index contributed by atoms with van der Waals surface area (Å²) in [4.78, 5) is 24.1. The summed E-state index contributed by atoms with van der Waals surface area (Å²) < 4.78 is 0. The van der Waals surface area contributed by atoms with Gasteiger partial charge in [-0.3, -0.25) is 0 Å². The number of carboxylic acids is 1. The molecule has 0 spiro atoms. The van der Waals surface area contributed by atoms with Crippen LogP contribution in [0.25, 0.3) is 0 Å². The number of urea groups is 1. The van der Waals surface area contributed by atoms with E-state index in [1.54, 1.807) is 23.7 Å². The van der Waals surface area contributed by atoms with Crippen molar-refractivity contribution in [2.24, 2.45) is 0 Å². The van der Waals surface area contributed by atoms with Gasteiger partial charge in [0.1, 0.15) is 0 Å². The molecule has 7 heteroatoms. The second kappa shape index (κ2) is 7.25. The van der Waals surface area contributed by atoms with Crippen molar-refractivity contribution in [1.29, 1.82) is 0 Å². The Morgan fingerprint density at radius 2 is 2.16 bits per heavy atom. The molecule has 0 aliphatic rings. The SMILES string of the molecule is CSCCN(C)C(=O)Nc1ccc(C(=O)O)c(Cl)c1. The van der Waals surface area contributed by atoms with Gasteiger partial charge in [-0.25, -0.2) is 9.59 Å². The van der Waals surface area contributed by atoms with Crippen LogP contribution in [0.1, 0.15) is 10.4 Å². The fourth-order valence-corrected chi connectivity index (χ4v) is 2.03. The van der Waals surface area contributed by atoms with Gasteiger partial charge < -0.3 is 15.3 Å². The van der Waals surface area contributed by atoms with Crippen molar-refractivity contribution in [2.45, 2.75) is 0 Å². The van der Waals surface area contributed by atoms with Crippen molar-refractivity contribution in [3.63, 3.8) is 0 Å². The summed E-state index contributed by atoms with van der Waals surface area (Å²) in [5.74, 6) is -0.247. The minimum atomic E-state index is -1.10. The molecule has 0 atom stereocenters. The predicted molar refractivity (Wildman–Crippen MR) is 78.4 cm³/mol. The maximum absolute atomic E-state index is 11.8. The molecule has 2 N–H and O–H groups in total. The average Bonchev–Trinajstić information content (AvgIpc) is 2.35. The molecule has 0 aromatic heterocycles. The monoisotopic (exact) mass is 302 g/mol. The first-order valence-electron chi connectivity index (χ1n) is 5.49. The van der Waals surface area contributed by atoms with Gasteiger partial charge >= 0.3 is 12.0 Å². The number of hydrogen-bond donors (Lipinski definition) is 2. The average molecular weight is 303 g/mol. The van der Waals surface area contributed by atoms with Crippen LogP contribution in [0.5, 0.6) is 0 Å². The van der Waals surface area contributed by atoms with Crippen molar-refractivity contribution < 1.29 is 14.7 Å². The van der Waals surface area contributed by atoms with Gasteiger partial charge in [0.2, 0.25) is 0 Å². The fraction of sp³-hybridized carbons (Fsp3) is 0.333. The number of amides is 2. The number of nitrogens with one attached hydrogen (secondary N) is 1. The quantitative estimate of drug-likeness (QED) is 0.877. The first-order valence-corrected chi connectivity index (χ1v) is 7.26. The lowest BCUT2D eigenvalue weighted by Crippen LogP contribution is -2.33. The normalized spacial score (nSPS) is 10.1. The molecular formula is C12H15ClN2O3S. The molecular weight excluding hydrogens is 288 g/mol. The molecule has 0 aliphatic carbocycles. The molecule has 104 valence electrons. The first-order chi connectivity index (χ1) is 8.95. The van der Waals surface area contributed by atoms with Crippen molar-refractivity contribution in [3.8, 4) is 0 Å². The van der Waals surface area contributed by atoms with E-state index in [1.807, 2.05) is 6.26 Å². The van der Waals surface area contributed by atoms with Gasteiger partial charge in [0.25, 0.3) is 0 Å². The Morgan fingerprint density at radius 3 is 2.68 bits per heavy atom. The van der Waals surface area contributed by atoms with Gasteiger partial charge in [-0.1, -0.05) is 11.6 Å². The van der Waals surface area contributed by atoms with E-state index in [4.69, 9.17) is 16.7 Å². The van der Waals surface area contributed by atoms with Crippen molar-refractivity contribution in [1.82, 2.24) is 4.90 Å². The van der Waals surface area contributed by atoms with Gasteiger partial charge in [-0.15, -0.1) is 0 Å². The third kappa shape index (κ3) is 4.65. The summed E-state index contributed by atoms with van der Waals surface area (Å²) in [7, 11) is 1.69. The highest BCUT2D eigenvalue weighted by atomic mass is 35.5. The highest BCUT2D eigenvalue weighted by molar-refractivity contribution is 7.98. The molecule has 0 heterocycles. The number of aromatic carboxylic acids is 1. The van der Waals surface area contributed by atoms with E-state index in [1.165, 1.54) is 18.2 Å². The van der Waals surface area contributed by atoms with E-state index in [0.29, 0.717) is 12.2 Å². The molecule has 5 nitrogen and oxygen atoms in total. The second-order valence-electron chi connectivity index (χ2n) is 3.84. The number of halogens is 1. The number of rotatable bonds is 5. The Morgan fingerprint density at radius 1 is 1.47 bits per heavy atom. The molecule has 1 aromatic carbocycles. The van der Waals surface area contributed by atoms with E-state index in [9.17, 15) is 9.59 Å². The Balaban J connectivity index is 2.70. The number of nitrogens with zero attached hydrogens (tertiary/aromatic N) is 1. The topological polar surface area (TPSA) is 69.6 Å². The van der Waals surface area contributed by atoms with Crippen LogP contribution in [0.3, 0.4) is 0 Å². The Hall–Kier alpha value is -1.40. The van der Waals surface area contributed by atoms with Crippen LogP contribution < -0.4 is 5.32 Å². The number of carbonyl (C=O) groups is 2. The van der Waals surface area contributed by atoms with E-state index in [-0.39, 0.29) is 16.6 Å². The van der Waals surface area contributed by atoms with Crippen LogP contribution in [0, 0.1) is 0 Å². The Labute approximate surface area is 120 Å². The van der Waals surface area contributed by atoms with E-state index in [0.717, 1.165) is 5.75 Å². The molecule has 19 heavy (non-hydrogen) atoms. The molecule has 0 aliphatic heterocycles. The van der Waals surface area contributed by atoms with Crippen LogP contribution in [0.4, 0.5) is 10.5 Å². The van der Waals surface area contributed by atoms with E-state index < -0.39 is 5.97 Å². The standard InChI is InChI=1S/C12H15ClN2O3S/c1-15(5-6-19-2)12(18)14-8-3-4-9(11(16)17)10(13)7-8/h3-4,7H,5-6H2,1-2H3,(H,14,18)(H,16,17). The molecule has 0 radical (unpaired) electrons. The summed E-state index contributed by atoms with van der Waals surface area (Å²) in [6.45, 7) is 0.633. The number of hydrogen-bond acceptors (Lipinski definition) is 3. The number of thioether (sulfide) groups is 1. The van der Waals surface area contributed by atoms with Crippen LogP contribution in [-0.4, -0.2) is 47.6 Å². The largest absolute Gasteiger partial charge is 0.478 e. The first kappa shape index (κ1) is 15.7. The van der Waals surface area contributed by atoms with Gasteiger partial charge in [0.15, 0.2) is 0 Å². The maximum Gasteiger partial charge on any atom is 0.337 e.